The molecule has 39 heavy (non-hydrogen) atoms. The third-order valence-electron chi connectivity index (χ3n) is 6.32. The molecule has 3 amide bonds. The van der Waals surface area contributed by atoms with E-state index in [-0.39, 0.29) is 6.03 Å². The van der Waals surface area contributed by atoms with Crippen molar-refractivity contribution < 1.29 is 28.5 Å². The SMILES string of the molecule is CCCCCOc1cc(N2CCCN(Cc3ccc(CNC(=O)OC(C)(C)C)cc3OC)C2=O)ccc1OC. The van der Waals surface area contributed by atoms with Crippen LogP contribution in [0.15, 0.2) is 36.4 Å². The molecule has 3 rings (SSSR count). The van der Waals surface area contributed by atoms with Gasteiger partial charge in [0.1, 0.15) is 11.4 Å². The molecule has 0 unspecified atom stereocenters. The second-order valence-corrected chi connectivity index (χ2v) is 10.6. The number of alkyl carbamates (subject to hydrolysis) is 1. The lowest BCUT2D eigenvalue weighted by molar-refractivity contribution is 0.0523. The zero-order chi connectivity index (χ0) is 28.4. The van der Waals surface area contributed by atoms with Crippen molar-refractivity contribution in [2.45, 2.75) is 72.1 Å². The van der Waals surface area contributed by atoms with Gasteiger partial charge in [0.05, 0.1) is 27.4 Å². The second kappa shape index (κ2) is 14.0. The molecular formula is C30H43N3O6. The van der Waals surface area contributed by atoms with Crippen LogP contribution in [0.2, 0.25) is 0 Å². The maximum atomic E-state index is 13.5. The topological polar surface area (TPSA) is 89.6 Å². The molecule has 2 aromatic rings. The summed E-state index contributed by atoms with van der Waals surface area (Å²) in [6, 6.07) is 11.3. The van der Waals surface area contributed by atoms with Gasteiger partial charge in [0, 0.05) is 37.0 Å². The molecule has 0 bridgehead atoms. The largest absolute Gasteiger partial charge is 0.496 e. The second-order valence-electron chi connectivity index (χ2n) is 10.6. The zero-order valence-corrected chi connectivity index (χ0v) is 24.2. The van der Waals surface area contributed by atoms with Crippen LogP contribution in [0.4, 0.5) is 15.3 Å². The summed E-state index contributed by atoms with van der Waals surface area (Å²) in [5, 5.41) is 2.76. The Kier molecular flexibility index (Phi) is 10.7. The predicted octanol–water partition coefficient (Wildman–Crippen LogP) is 6.13. The molecule has 9 nitrogen and oxygen atoms in total. The van der Waals surface area contributed by atoms with Gasteiger partial charge in [-0.1, -0.05) is 31.9 Å². The Hall–Kier alpha value is -3.62. The number of urea groups is 1. The first-order chi connectivity index (χ1) is 18.6. The van der Waals surface area contributed by atoms with E-state index in [1.807, 2.05) is 62.1 Å². The number of carbonyl (C=O) groups is 2. The summed E-state index contributed by atoms with van der Waals surface area (Å²) in [4.78, 5) is 29.1. The molecule has 1 heterocycles. The van der Waals surface area contributed by atoms with Gasteiger partial charge in [-0.3, -0.25) is 4.90 Å². The third-order valence-corrected chi connectivity index (χ3v) is 6.32. The number of hydrogen-bond donors (Lipinski definition) is 1. The number of amides is 3. The first-order valence-electron chi connectivity index (χ1n) is 13.6. The monoisotopic (exact) mass is 541 g/mol. The summed E-state index contributed by atoms with van der Waals surface area (Å²) in [6.07, 6.45) is 3.56. The summed E-state index contributed by atoms with van der Waals surface area (Å²) in [6.45, 7) is 10.2. The van der Waals surface area contributed by atoms with E-state index in [4.69, 9.17) is 18.9 Å². The molecule has 1 fully saturated rings. The van der Waals surface area contributed by atoms with E-state index in [1.54, 1.807) is 19.1 Å². The highest BCUT2D eigenvalue weighted by Gasteiger charge is 2.28. The molecular weight excluding hydrogens is 498 g/mol. The number of benzene rings is 2. The summed E-state index contributed by atoms with van der Waals surface area (Å²) < 4.78 is 22.4. The van der Waals surface area contributed by atoms with E-state index < -0.39 is 11.7 Å². The lowest BCUT2D eigenvalue weighted by Crippen LogP contribution is -2.49. The highest BCUT2D eigenvalue weighted by atomic mass is 16.6. The Morgan fingerprint density at radius 1 is 0.974 bits per heavy atom. The third kappa shape index (κ3) is 8.70. The molecule has 1 saturated heterocycles. The molecule has 0 aromatic heterocycles. The van der Waals surface area contributed by atoms with E-state index in [9.17, 15) is 9.59 Å². The molecule has 1 aliphatic rings. The molecule has 0 aliphatic carbocycles. The van der Waals surface area contributed by atoms with Crippen molar-refractivity contribution >= 4 is 17.8 Å². The van der Waals surface area contributed by atoms with Crippen LogP contribution in [0, 0.1) is 0 Å². The van der Waals surface area contributed by atoms with E-state index in [2.05, 4.69) is 12.2 Å². The maximum absolute atomic E-state index is 13.5. The number of nitrogens with zero attached hydrogens (tertiary/aromatic N) is 2. The van der Waals surface area contributed by atoms with Gasteiger partial charge in [0.25, 0.3) is 0 Å². The van der Waals surface area contributed by atoms with Crippen LogP contribution in [0.25, 0.3) is 0 Å². The van der Waals surface area contributed by atoms with Crippen molar-refractivity contribution in [3.05, 3.63) is 47.5 Å². The lowest BCUT2D eigenvalue weighted by atomic mass is 10.1. The van der Waals surface area contributed by atoms with Crippen LogP contribution < -0.4 is 24.4 Å². The lowest BCUT2D eigenvalue weighted by Gasteiger charge is -2.36. The van der Waals surface area contributed by atoms with Gasteiger partial charge in [-0.25, -0.2) is 9.59 Å². The van der Waals surface area contributed by atoms with Gasteiger partial charge in [-0.15, -0.1) is 0 Å². The number of hydrogen-bond acceptors (Lipinski definition) is 6. The molecule has 2 aromatic carbocycles. The molecule has 0 spiro atoms. The van der Waals surface area contributed by atoms with Crippen LogP contribution in [-0.4, -0.2) is 56.5 Å². The summed E-state index contributed by atoms with van der Waals surface area (Å²) in [5.74, 6) is 1.96. The van der Waals surface area contributed by atoms with Crippen LogP contribution in [-0.2, 0) is 17.8 Å². The molecule has 1 N–H and O–H groups in total. The number of carbonyl (C=O) groups excluding carboxylic acids is 2. The summed E-state index contributed by atoms with van der Waals surface area (Å²) in [5.41, 5.74) is 1.99. The number of ether oxygens (including phenoxy) is 4. The minimum absolute atomic E-state index is 0.0685. The number of unbranched alkanes of at least 4 members (excludes halogenated alkanes) is 2. The van der Waals surface area contributed by atoms with E-state index >= 15 is 0 Å². The highest BCUT2D eigenvalue weighted by molar-refractivity contribution is 5.93. The summed E-state index contributed by atoms with van der Waals surface area (Å²) in [7, 11) is 3.22. The van der Waals surface area contributed by atoms with E-state index in [0.29, 0.717) is 50.0 Å². The minimum Gasteiger partial charge on any atom is -0.496 e. The normalized spacial score (nSPS) is 13.7. The Labute approximate surface area is 232 Å². The molecule has 0 saturated carbocycles. The first kappa shape index (κ1) is 29.9. The van der Waals surface area contributed by atoms with Crippen molar-refractivity contribution in [3.8, 4) is 17.2 Å². The van der Waals surface area contributed by atoms with Gasteiger partial charge >= 0.3 is 12.1 Å². The predicted molar refractivity (Wildman–Crippen MR) is 152 cm³/mol. The van der Waals surface area contributed by atoms with E-state index in [1.165, 1.54) is 0 Å². The fourth-order valence-electron chi connectivity index (χ4n) is 4.37. The molecule has 9 heteroatoms. The molecule has 214 valence electrons. The van der Waals surface area contributed by atoms with Gasteiger partial charge in [-0.05, 0) is 57.4 Å². The van der Waals surface area contributed by atoms with Crippen LogP contribution in [0.5, 0.6) is 17.2 Å². The summed E-state index contributed by atoms with van der Waals surface area (Å²) >= 11 is 0. The quantitative estimate of drug-likeness (QED) is 0.325. The van der Waals surface area contributed by atoms with Crippen molar-refractivity contribution in [1.29, 1.82) is 0 Å². The molecule has 1 aliphatic heterocycles. The van der Waals surface area contributed by atoms with Gasteiger partial charge < -0.3 is 29.2 Å². The number of anilines is 1. The Bertz CT molecular complexity index is 1110. The molecule has 0 atom stereocenters. The van der Waals surface area contributed by atoms with E-state index in [0.717, 1.165) is 42.5 Å². The smallest absolute Gasteiger partial charge is 0.407 e. The van der Waals surface area contributed by atoms with Crippen LogP contribution in [0.1, 0.15) is 64.5 Å². The zero-order valence-electron chi connectivity index (χ0n) is 24.2. The number of nitrogens with one attached hydrogen (secondary N) is 1. The highest BCUT2D eigenvalue weighted by Crippen LogP contribution is 2.34. The van der Waals surface area contributed by atoms with Crippen molar-refractivity contribution in [2.75, 3.05) is 38.8 Å². The minimum atomic E-state index is -0.560. The number of methoxy groups -OCH3 is 2. The first-order valence-corrected chi connectivity index (χ1v) is 13.6. The fourth-order valence-corrected chi connectivity index (χ4v) is 4.37. The Balaban J connectivity index is 1.68. The standard InChI is InChI=1S/C30H43N3O6/c1-7-8-9-17-38-27-19-24(13-14-25(27)36-5)33-16-10-15-32(29(33)35)21-23-12-11-22(18-26(23)37-6)20-31-28(34)39-30(2,3)4/h11-14,18-19H,7-10,15-17,20-21H2,1-6H3,(H,31,34). The van der Waals surface area contributed by atoms with Gasteiger partial charge in [0.2, 0.25) is 0 Å². The average Bonchev–Trinajstić information content (AvgIpc) is 2.90. The Morgan fingerprint density at radius 2 is 1.74 bits per heavy atom. The van der Waals surface area contributed by atoms with Crippen molar-refractivity contribution in [2.24, 2.45) is 0 Å². The average molecular weight is 542 g/mol. The van der Waals surface area contributed by atoms with Crippen molar-refractivity contribution in [3.63, 3.8) is 0 Å². The van der Waals surface area contributed by atoms with Crippen molar-refractivity contribution in [1.82, 2.24) is 10.2 Å². The van der Waals surface area contributed by atoms with Crippen LogP contribution >= 0.6 is 0 Å². The fraction of sp³-hybridized carbons (Fsp3) is 0.533. The van der Waals surface area contributed by atoms with Crippen LogP contribution in [0.3, 0.4) is 0 Å². The molecule has 0 radical (unpaired) electrons. The maximum Gasteiger partial charge on any atom is 0.407 e. The number of rotatable bonds is 12. The van der Waals surface area contributed by atoms with Gasteiger partial charge in [-0.2, -0.15) is 0 Å². The Morgan fingerprint density at radius 3 is 2.44 bits per heavy atom. The van der Waals surface area contributed by atoms with Gasteiger partial charge in [0.15, 0.2) is 11.5 Å².